The smallest absolute Gasteiger partial charge is 0.333 e. The summed E-state index contributed by atoms with van der Waals surface area (Å²) in [5, 5.41) is 8.06. The maximum absolute atomic E-state index is 11.4. The van der Waals surface area contributed by atoms with E-state index in [1.807, 2.05) is 0 Å². The van der Waals surface area contributed by atoms with Crippen LogP contribution in [0.3, 0.4) is 0 Å². The first-order chi connectivity index (χ1) is 3.72. The number of hydrogen-bond donors (Lipinski definition) is 1. The van der Waals surface area contributed by atoms with Crippen molar-refractivity contribution in [1.29, 1.82) is 0 Å². The Balaban J connectivity index is 3.92. The molecule has 0 aromatic heterocycles. The van der Waals surface area contributed by atoms with Gasteiger partial charge in [0.25, 0.3) is 0 Å². The number of hydrogen-bond acceptors (Lipinski definition) is 1. The van der Waals surface area contributed by atoms with Gasteiger partial charge in [0.15, 0.2) is 0 Å². The fourth-order valence-electron chi connectivity index (χ4n) is 0.275. The third kappa shape index (κ3) is 1.73. The van der Waals surface area contributed by atoms with Crippen LogP contribution in [0.15, 0.2) is 11.9 Å². The van der Waals surface area contributed by atoms with Crippen LogP contribution in [0, 0.1) is 0 Å². The molecule has 0 atom stereocenters. The first kappa shape index (κ1) is 7.14. The van der Waals surface area contributed by atoms with Crippen LogP contribution in [-0.4, -0.2) is 11.1 Å². The zero-order chi connectivity index (χ0) is 6.57. The van der Waals surface area contributed by atoms with Gasteiger partial charge in [0, 0.05) is 0 Å². The standard InChI is InChI=1S/C5H7FO2/c1-2-4(3-6)5(7)8/h3H,2H2,1H3,(H,7,8)/b4-3+. The molecule has 0 aliphatic rings. The van der Waals surface area contributed by atoms with Crippen LogP contribution in [0.1, 0.15) is 13.3 Å². The molecule has 0 bridgehead atoms. The molecule has 0 aliphatic heterocycles. The van der Waals surface area contributed by atoms with E-state index in [1.165, 1.54) is 0 Å². The van der Waals surface area contributed by atoms with Crippen molar-refractivity contribution in [3.05, 3.63) is 11.9 Å². The molecule has 3 heteroatoms. The van der Waals surface area contributed by atoms with Crippen molar-refractivity contribution < 1.29 is 14.3 Å². The minimum absolute atomic E-state index is 0.113. The summed E-state index contributed by atoms with van der Waals surface area (Å²) in [4.78, 5) is 9.85. The van der Waals surface area contributed by atoms with Crippen LogP contribution < -0.4 is 0 Å². The summed E-state index contributed by atoms with van der Waals surface area (Å²) >= 11 is 0. The van der Waals surface area contributed by atoms with E-state index in [-0.39, 0.29) is 18.3 Å². The molecule has 0 heterocycles. The van der Waals surface area contributed by atoms with Crippen molar-refractivity contribution in [3.63, 3.8) is 0 Å². The highest BCUT2D eigenvalue weighted by molar-refractivity contribution is 5.85. The van der Waals surface area contributed by atoms with Gasteiger partial charge < -0.3 is 5.11 Å². The second kappa shape index (κ2) is 3.18. The second-order valence-corrected chi connectivity index (χ2v) is 1.29. The van der Waals surface area contributed by atoms with E-state index in [9.17, 15) is 9.18 Å². The molecule has 0 amide bonds. The number of carboxylic acids is 1. The Morgan fingerprint density at radius 1 is 1.88 bits per heavy atom. The van der Waals surface area contributed by atoms with Crippen LogP contribution in [-0.2, 0) is 4.79 Å². The van der Waals surface area contributed by atoms with Crippen LogP contribution >= 0.6 is 0 Å². The summed E-state index contributed by atoms with van der Waals surface area (Å²) in [7, 11) is 0. The summed E-state index contributed by atoms with van der Waals surface area (Å²) in [5.41, 5.74) is -0.190. The summed E-state index contributed by atoms with van der Waals surface area (Å²) in [6.07, 6.45) is 0.341. The first-order valence-electron chi connectivity index (χ1n) is 2.25. The molecule has 0 aromatic carbocycles. The Bertz CT molecular complexity index is 118. The molecule has 0 radical (unpaired) electrons. The summed E-state index contributed by atoms with van der Waals surface area (Å²) in [6, 6.07) is 0. The minimum atomic E-state index is -1.19. The molecular formula is C5H7FO2. The van der Waals surface area contributed by atoms with Crippen molar-refractivity contribution in [2.45, 2.75) is 13.3 Å². The fraction of sp³-hybridized carbons (Fsp3) is 0.400. The fourth-order valence-corrected chi connectivity index (χ4v) is 0.275. The first-order valence-corrected chi connectivity index (χ1v) is 2.25. The zero-order valence-electron chi connectivity index (χ0n) is 4.52. The maximum atomic E-state index is 11.4. The van der Waals surface area contributed by atoms with Gasteiger partial charge in [-0.15, -0.1) is 0 Å². The molecule has 0 saturated carbocycles. The minimum Gasteiger partial charge on any atom is -0.478 e. The van der Waals surface area contributed by atoms with E-state index in [0.717, 1.165) is 0 Å². The van der Waals surface area contributed by atoms with Crippen molar-refractivity contribution in [1.82, 2.24) is 0 Å². The monoisotopic (exact) mass is 118 g/mol. The third-order valence-electron chi connectivity index (χ3n) is 0.787. The molecule has 0 rings (SSSR count). The van der Waals surface area contributed by atoms with Gasteiger partial charge in [0.1, 0.15) is 0 Å². The normalized spacial score (nSPS) is 11.5. The summed E-state index contributed by atoms with van der Waals surface area (Å²) in [6.45, 7) is 1.58. The van der Waals surface area contributed by atoms with E-state index in [2.05, 4.69) is 0 Å². The quantitative estimate of drug-likeness (QED) is 0.555. The van der Waals surface area contributed by atoms with E-state index in [1.54, 1.807) is 6.92 Å². The Kier molecular flexibility index (Phi) is 2.84. The van der Waals surface area contributed by atoms with Gasteiger partial charge >= 0.3 is 5.97 Å². The highest BCUT2D eigenvalue weighted by atomic mass is 19.1. The summed E-state index contributed by atoms with van der Waals surface area (Å²) < 4.78 is 11.4. The molecule has 0 fully saturated rings. The van der Waals surface area contributed by atoms with Gasteiger partial charge in [-0.3, -0.25) is 0 Å². The number of carboxylic acid groups (broad SMARTS) is 1. The molecule has 0 spiro atoms. The van der Waals surface area contributed by atoms with E-state index < -0.39 is 5.97 Å². The third-order valence-corrected chi connectivity index (χ3v) is 0.787. The molecule has 0 aliphatic carbocycles. The van der Waals surface area contributed by atoms with Crippen molar-refractivity contribution >= 4 is 5.97 Å². The van der Waals surface area contributed by atoms with Crippen LogP contribution in [0.25, 0.3) is 0 Å². The molecule has 2 nitrogen and oxygen atoms in total. The van der Waals surface area contributed by atoms with Gasteiger partial charge in [-0.25, -0.2) is 9.18 Å². The van der Waals surface area contributed by atoms with Gasteiger partial charge in [0.05, 0.1) is 11.9 Å². The van der Waals surface area contributed by atoms with Gasteiger partial charge in [-0.05, 0) is 6.42 Å². The lowest BCUT2D eigenvalue weighted by atomic mass is 10.2. The Labute approximate surface area is 46.6 Å². The number of halogens is 1. The van der Waals surface area contributed by atoms with Crippen LogP contribution in [0.4, 0.5) is 4.39 Å². The maximum Gasteiger partial charge on any atom is 0.333 e. The second-order valence-electron chi connectivity index (χ2n) is 1.29. The van der Waals surface area contributed by atoms with Crippen molar-refractivity contribution in [2.24, 2.45) is 0 Å². The predicted octanol–water partition coefficient (Wildman–Crippen LogP) is 1.33. The lowest BCUT2D eigenvalue weighted by molar-refractivity contribution is -0.132. The van der Waals surface area contributed by atoms with E-state index in [4.69, 9.17) is 5.11 Å². The number of carbonyl (C=O) groups is 1. The Morgan fingerprint density at radius 3 is 2.38 bits per heavy atom. The lowest BCUT2D eigenvalue weighted by Crippen LogP contribution is -1.97. The average Bonchev–Trinajstić information content (AvgIpc) is 1.69. The molecule has 0 saturated heterocycles. The van der Waals surface area contributed by atoms with Crippen molar-refractivity contribution in [3.8, 4) is 0 Å². The number of aliphatic carboxylic acids is 1. The van der Waals surface area contributed by atoms with Crippen LogP contribution in [0.5, 0.6) is 0 Å². The van der Waals surface area contributed by atoms with E-state index in [0.29, 0.717) is 0 Å². The Hall–Kier alpha value is -0.860. The van der Waals surface area contributed by atoms with E-state index >= 15 is 0 Å². The topological polar surface area (TPSA) is 37.3 Å². The Morgan fingerprint density at radius 2 is 2.38 bits per heavy atom. The average molecular weight is 118 g/mol. The highest BCUT2D eigenvalue weighted by Gasteiger charge is 2.01. The highest BCUT2D eigenvalue weighted by Crippen LogP contribution is 1.98. The predicted molar refractivity (Wildman–Crippen MR) is 27.1 cm³/mol. The lowest BCUT2D eigenvalue weighted by Gasteiger charge is -1.88. The molecule has 46 valence electrons. The van der Waals surface area contributed by atoms with Gasteiger partial charge in [-0.1, -0.05) is 6.92 Å². The molecular weight excluding hydrogens is 111 g/mol. The summed E-state index contributed by atoms with van der Waals surface area (Å²) in [5.74, 6) is -1.19. The van der Waals surface area contributed by atoms with Gasteiger partial charge in [-0.2, -0.15) is 0 Å². The van der Waals surface area contributed by atoms with Gasteiger partial charge in [0.2, 0.25) is 0 Å². The molecule has 8 heavy (non-hydrogen) atoms. The SMILES string of the molecule is CC/C(=C\F)C(=O)O. The molecule has 1 N–H and O–H groups in total. The largest absolute Gasteiger partial charge is 0.478 e. The van der Waals surface area contributed by atoms with Crippen molar-refractivity contribution in [2.75, 3.05) is 0 Å². The zero-order valence-corrected chi connectivity index (χ0v) is 4.52. The molecule has 0 aromatic rings. The molecule has 0 unspecified atom stereocenters. The van der Waals surface area contributed by atoms with Crippen LogP contribution in [0.2, 0.25) is 0 Å². The number of rotatable bonds is 2.